The Morgan fingerprint density at radius 2 is 1.94 bits per heavy atom. The second-order valence-corrected chi connectivity index (χ2v) is 5.23. The van der Waals surface area contributed by atoms with Gasteiger partial charge < -0.3 is 10.5 Å². The van der Waals surface area contributed by atoms with Crippen LogP contribution in [0.3, 0.4) is 0 Å². The zero-order valence-electron chi connectivity index (χ0n) is 9.67. The fraction of sp³-hybridized carbons (Fsp3) is 0.455. The van der Waals surface area contributed by atoms with E-state index in [1.165, 1.54) is 12.1 Å². The second-order valence-electron chi connectivity index (χ2n) is 3.81. The van der Waals surface area contributed by atoms with Gasteiger partial charge in [0, 0.05) is 13.2 Å². The number of ether oxygens (including phenoxy) is 1. The number of aryl methyl sites for hydroxylation is 1. The molecule has 0 aliphatic carbocycles. The van der Waals surface area contributed by atoms with Crippen LogP contribution < -0.4 is 5.73 Å². The van der Waals surface area contributed by atoms with E-state index in [0.717, 1.165) is 18.6 Å². The van der Waals surface area contributed by atoms with Crippen molar-refractivity contribution in [3.8, 4) is 0 Å². The third-order valence-corrected chi connectivity index (χ3v) is 3.24. The molecule has 6 heteroatoms. The van der Waals surface area contributed by atoms with Crippen molar-refractivity contribution >= 4 is 10.1 Å². The lowest BCUT2D eigenvalue weighted by Crippen LogP contribution is -2.33. The van der Waals surface area contributed by atoms with Gasteiger partial charge in [-0.3, -0.25) is 4.55 Å². The van der Waals surface area contributed by atoms with Crippen LogP contribution >= 0.6 is 0 Å². The summed E-state index contributed by atoms with van der Waals surface area (Å²) >= 11 is 0. The van der Waals surface area contributed by atoms with E-state index >= 15 is 0 Å². The summed E-state index contributed by atoms with van der Waals surface area (Å²) in [7, 11) is -4.02. The molecule has 0 saturated carbocycles. The van der Waals surface area contributed by atoms with Crippen LogP contribution in [0.25, 0.3) is 0 Å². The molecule has 0 amide bonds. The van der Waals surface area contributed by atoms with Gasteiger partial charge in [-0.15, -0.1) is 0 Å². The first-order chi connectivity index (χ1) is 7.93. The molecule has 2 rings (SSSR count). The van der Waals surface area contributed by atoms with Gasteiger partial charge in [0.2, 0.25) is 0 Å². The maximum Gasteiger partial charge on any atom is 0.294 e. The summed E-state index contributed by atoms with van der Waals surface area (Å²) < 4.78 is 34.5. The van der Waals surface area contributed by atoms with Crippen molar-refractivity contribution < 1.29 is 17.7 Å². The zero-order valence-corrected chi connectivity index (χ0v) is 10.5. The van der Waals surface area contributed by atoms with Crippen LogP contribution in [0, 0.1) is 6.92 Å². The predicted molar refractivity (Wildman–Crippen MR) is 64.4 cm³/mol. The first-order valence-electron chi connectivity index (χ1n) is 5.29. The molecule has 1 fully saturated rings. The van der Waals surface area contributed by atoms with Crippen molar-refractivity contribution in [1.29, 1.82) is 0 Å². The topological polar surface area (TPSA) is 89.6 Å². The maximum atomic E-state index is 10.5. The van der Waals surface area contributed by atoms with Gasteiger partial charge in [-0.25, -0.2) is 0 Å². The molecule has 96 valence electrons. The Hall–Kier alpha value is -0.950. The van der Waals surface area contributed by atoms with E-state index in [0.29, 0.717) is 12.6 Å². The lowest BCUT2D eigenvalue weighted by atomic mass is 10.2. The van der Waals surface area contributed by atoms with Crippen molar-refractivity contribution in [3.63, 3.8) is 0 Å². The lowest BCUT2D eigenvalue weighted by Gasteiger charge is -2.24. The predicted octanol–water partition coefficient (Wildman–Crippen LogP) is 0.976. The first-order valence-corrected chi connectivity index (χ1v) is 6.73. The Labute approximate surface area is 101 Å². The summed E-state index contributed by atoms with van der Waals surface area (Å²) in [5, 5.41) is 0. The SMILES string of the molecule is Cc1ccc(S(=O)(=O)O)cc1.NC[C@@H]1CCO1. The summed E-state index contributed by atoms with van der Waals surface area (Å²) in [5.41, 5.74) is 6.16. The summed E-state index contributed by atoms with van der Waals surface area (Å²) in [5.74, 6) is 0. The van der Waals surface area contributed by atoms with Crippen LogP contribution in [0.5, 0.6) is 0 Å². The Morgan fingerprint density at radius 1 is 1.41 bits per heavy atom. The van der Waals surface area contributed by atoms with Crippen LogP contribution in [0.1, 0.15) is 12.0 Å². The molecular weight excluding hydrogens is 242 g/mol. The average molecular weight is 259 g/mol. The number of nitrogens with two attached hydrogens (primary N) is 1. The van der Waals surface area contributed by atoms with Crippen molar-refractivity contribution in [2.45, 2.75) is 24.3 Å². The van der Waals surface area contributed by atoms with E-state index < -0.39 is 10.1 Å². The second kappa shape index (κ2) is 6.11. The highest BCUT2D eigenvalue weighted by atomic mass is 32.2. The van der Waals surface area contributed by atoms with Crippen molar-refractivity contribution in [2.24, 2.45) is 5.73 Å². The third kappa shape index (κ3) is 4.82. The van der Waals surface area contributed by atoms with E-state index in [9.17, 15) is 8.42 Å². The highest BCUT2D eigenvalue weighted by Crippen LogP contribution is 2.08. The molecule has 1 saturated heterocycles. The molecular formula is C11H17NO4S. The van der Waals surface area contributed by atoms with Gasteiger partial charge in [0.25, 0.3) is 10.1 Å². The maximum absolute atomic E-state index is 10.5. The molecule has 1 atom stereocenters. The minimum absolute atomic E-state index is 0.0666. The van der Waals surface area contributed by atoms with Crippen LogP contribution in [0.4, 0.5) is 0 Å². The van der Waals surface area contributed by atoms with Crippen LogP contribution in [0.15, 0.2) is 29.2 Å². The molecule has 0 radical (unpaired) electrons. The zero-order chi connectivity index (χ0) is 12.9. The van der Waals surface area contributed by atoms with Gasteiger partial charge in [-0.05, 0) is 25.5 Å². The highest BCUT2D eigenvalue weighted by Gasteiger charge is 2.14. The van der Waals surface area contributed by atoms with Crippen LogP contribution in [-0.4, -0.2) is 32.2 Å². The summed E-state index contributed by atoms with van der Waals surface area (Å²) in [6.07, 6.45) is 1.56. The van der Waals surface area contributed by atoms with Crippen molar-refractivity contribution in [3.05, 3.63) is 29.8 Å². The molecule has 1 aromatic carbocycles. The van der Waals surface area contributed by atoms with Gasteiger partial charge in [-0.1, -0.05) is 17.7 Å². The van der Waals surface area contributed by atoms with Gasteiger partial charge in [0.05, 0.1) is 11.0 Å². The van der Waals surface area contributed by atoms with Gasteiger partial charge in [-0.2, -0.15) is 8.42 Å². The van der Waals surface area contributed by atoms with Gasteiger partial charge >= 0.3 is 0 Å². The normalized spacial score (nSPS) is 18.9. The first kappa shape index (κ1) is 14.1. The van der Waals surface area contributed by atoms with E-state index in [4.69, 9.17) is 15.0 Å². The van der Waals surface area contributed by atoms with Gasteiger partial charge in [0.15, 0.2) is 0 Å². The Morgan fingerprint density at radius 3 is 2.18 bits per heavy atom. The molecule has 17 heavy (non-hydrogen) atoms. The molecule has 0 unspecified atom stereocenters. The number of benzene rings is 1. The quantitative estimate of drug-likeness (QED) is 0.773. The number of hydrogen-bond acceptors (Lipinski definition) is 4. The molecule has 1 aliphatic rings. The molecule has 3 N–H and O–H groups in total. The van der Waals surface area contributed by atoms with E-state index in [1.807, 2.05) is 6.92 Å². The van der Waals surface area contributed by atoms with Crippen LogP contribution in [0.2, 0.25) is 0 Å². The van der Waals surface area contributed by atoms with E-state index in [1.54, 1.807) is 12.1 Å². The standard InChI is InChI=1S/C7H8O3S.C4H9NO/c1-6-2-4-7(5-3-6)11(8,9)10;5-3-4-1-2-6-4/h2-5H,1H3,(H,8,9,10);4H,1-3,5H2/t;4-/m.0/s1. The number of rotatable bonds is 2. The molecule has 0 aromatic heterocycles. The molecule has 0 bridgehead atoms. The molecule has 1 aromatic rings. The Bertz CT molecular complexity index is 434. The fourth-order valence-electron chi connectivity index (χ4n) is 1.18. The minimum atomic E-state index is -4.02. The van der Waals surface area contributed by atoms with E-state index in [2.05, 4.69) is 0 Å². The summed E-state index contributed by atoms with van der Waals surface area (Å²) in [6.45, 7) is 3.45. The minimum Gasteiger partial charge on any atom is -0.377 e. The third-order valence-electron chi connectivity index (χ3n) is 2.38. The van der Waals surface area contributed by atoms with Gasteiger partial charge in [0.1, 0.15) is 0 Å². The summed E-state index contributed by atoms with van der Waals surface area (Å²) in [6, 6.07) is 5.99. The average Bonchev–Trinajstić information content (AvgIpc) is 2.16. The molecule has 1 aliphatic heterocycles. The smallest absolute Gasteiger partial charge is 0.294 e. The fourth-order valence-corrected chi connectivity index (χ4v) is 1.66. The Balaban J connectivity index is 0.000000202. The van der Waals surface area contributed by atoms with Crippen molar-refractivity contribution in [1.82, 2.24) is 0 Å². The Kier molecular flexibility index (Phi) is 5.07. The summed E-state index contributed by atoms with van der Waals surface area (Å²) in [4.78, 5) is -0.0666. The van der Waals surface area contributed by atoms with E-state index in [-0.39, 0.29) is 4.90 Å². The highest BCUT2D eigenvalue weighted by molar-refractivity contribution is 7.85. The van der Waals surface area contributed by atoms with Crippen LogP contribution in [-0.2, 0) is 14.9 Å². The monoisotopic (exact) mass is 259 g/mol. The lowest BCUT2D eigenvalue weighted by molar-refractivity contribution is -0.0435. The number of hydrogen-bond donors (Lipinski definition) is 2. The molecule has 5 nitrogen and oxygen atoms in total. The molecule has 0 spiro atoms. The van der Waals surface area contributed by atoms with Crippen molar-refractivity contribution in [2.75, 3.05) is 13.2 Å². The molecule has 1 heterocycles. The largest absolute Gasteiger partial charge is 0.377 e.